The molecular weight excluding hydrogens is 320 g/mol. The highest BCUT2D eigenvalue weighted by molar-refractivity contribution is 7.82. The van der Waals surface area contributed by atoms with Crippen LogP contribution in [0.5, 0.6) is 0 Å². The first kappa shape index (κ1) is 16.9. The van der Waals surface area contributed by atoms with E-state index in [0.717, 1.165) is 36.3 Å². The first-order valence-electron chi connectivity index (χ1n) is 8.15. The molecule has 0 saturated heterocycles. The summed E-state index contributed by atoms with van der Waals surface area (Å²) in [6, 6.07) is 16.0. The number of aryl methyl sites for hydroxylation is 1. The predicted molar refractivity (Wildman–Crippen MR) is 95.6 cm³/mol. The molecule has 0 aliphatic carbocycles. The SMILES string of the molecule is CN(C=O)Cc1ccc2c(c1)CN(S(=O)c1ccccc1)CCC2. The Kier molecular flexibility index (Phi) is 5.43. The predicted octanol–water partition coefficient (Wildman–Crippen LogP) is 2.75. The Bertz CT molecular complexity index is 733. The fourth-order valence-corrected chi connectivity index (χ4v) is 4.28. The molecule has 4 nitrogen and oxygen atoms in total. The van der Waals surface area contributed by atoms with Gasteiger partial charge in [0.05, 0.1) is 4.90 Å². The number of carbonyl (C=O) groups excluding carboxylic acids is 1. The van der Waals surface area contributed by atoms with Gasteiger partial charge in [-0.2, -0.15) is 0 Å². The summed E-state index contributed by atoms with van der Waals surface area (Å²) < 4.78 is 14.9. The Morgan fingerprint density at radius 1 is 1.17 bits per heavy atom. The summed E-state index contributed by atoms with van der Waals surface area (Å²) in [5.41, 5.74) is 3.64. The number of carbonyl (C=O) groups is 1. The highest BCUT2D eigenvalue weighted by atomic mass is 32.2. The number of hydrogen-bond acceptors (Lipinski definition) is 2. The zero-order chi connectivity index (χ0) is 16.9. The maximum absolute atomic E-state index is 12.9. The number of nitrogens with zero attached hydrogens (tertiary/aromatic N) is 2. The Morgan fingerprint density at radius 3 is 2.71 bits per heavy atom. The van der Waals surface area contributed by atoms with E-state index in [0.29, 0.717) is 13.1 Å². The smallest absolute Gasteiger partial charge is 0.209 e. The van der Waals surface area contributed by atoms with E-state index in [9.17, 15) is 9.00 Å². The normalized spacial score (nSPS) is 16.0. The van der Waals surface area contributed by atoms with E-state index in [2.05, 4.69) is 18.2 Å². The van der Waals surface area contributed by atoms with Gasteiger partial charge in [-0.05, 0) is 41.7 Å². The van der Waals surface area contributed by atoms with Crippen molar-refractivity contribution in [2.24, 2.45) is 0 Å². The van der Waals surface area contributed by atoms with Crippen molar-refractivity contribution in [1.29, 1.82) is 0 Å². The molecule has 1 aliphatic heterocycles. The molecule has 2 aromatic rings. The van der Waals surface area contributed by atoms with E-state index in [1.165, 1.54) is 11.1 Å². The summed E-state index contributed by atoms with van der Waals surface area (Å²) in [5.74, 6) is 0. The van der Waals surface area contributed by atoms with Gasteiger partial charge < -0.3 is 4.90 Å². The van der Waals surface area contributed by atoms with Crippen LogP contribution in [0.3, 0.4) is 0 Å². The van der Waals surface area contributed by atoms with Crippen LogP contribution in [0.4, 0.5) is 0 Å². The Hall–Kier alpha value is -1.98. The Morgan fingerprint density at radius 2 is 1.96 bits per heavy atom. The minimum Gasteiger partial charge on any atom is -0.344 e. The van der Waals surface area contributed by atoms with Crippen molar-refractivity contribution in [3.8, 4) is 0 Å². The van der Waals surface area contributed by atoms with Crippen LogP contribution in [0.15, 0.2) is 53.4 Å². The standard InChI is InChI=1S/C19H22N2O2S/c1-20(15-22)13-16-9-10-17-6-5-11-21(14-18(17)12-16)24(23)19-7-3-2-4-8-19/h2-4,7-10,12,15H,5-6,11,13-14H2,1H3. The van der Waals surface area contributed by atoms with Crippen LogP contribution in [0.2, 0.25) is 0 Å². The largest absolute Gasteiger partial charge is 0.344 e. The van der Waals surface area contributed by atoms with Gasteiger partial charge in [0.15, 0.2) is 0 Å². The lowest BCUT2D eigenvalue weighted by Crippen LogP contribution is -2.26. The Balaban J connectivity index is 1.82. The molecule has 1 heterocycles. The minimum atomic E-state index is -1.14. The first-order chi connectivity index (χ1) is 11.7. The van der Waals surface area contributed by atoms with Gasteiger partial charge in [-0.3, -0.25) is 4.79 Å². The molecule has 24 heavy (non-hydrogen) atoms. The molecule has 2 aromatic carbocycles. The van der Waals surface area contributed by atoms with Crippen molar-refractivity contribution in [1.82, 2.24) is 9.21 Å². The van der Waals surface area contributed by atoms with E-state index in [1.54, 1.807) is 11.9 Å². The van der Waals surface area contributed by atoms with Crippen molar-refractivity contribution >= 4 is 17.4 Å². The first-order valence-corrected chi connectivity index (χ1v) is 9.26. The fraction of sp³-hybridized carbons (Fsp3) is 0.316. The number of hydrogen-bond donors (Lipinski definition) is 0. The van der Waals surface area contributed by atoms with E-state index in [-0.39, 0.29) is 0 Å². The van der Waals surface area contributed by atoms with Crippen molar-refractivity contribution in [3.05, 3.63) is 65.2 Å². The van der Waals surface area contributed by atoms with Crippen molar-refractivity contribution in [2.45, 2.75) is 30.8 Å². The lowest BCUT2D eigenvalue weighted by molar-refractivity contribution is -0.117. The van der Waals surface area contributed by atoms with Gasteiger partial charge in [0.25, 0.3) is 0 Å². The molecule has 126 valence electrons. The fourth-order valence-electron chi connectivity index (χ4n) is 3.04. The second-order valence-electron chi connectivity index (χ2n) is 6.15. The topological polar surface area (TPSA) is 40.6 Å². The van der Waals surface area contributed by atoms with E-state index >= 15 is 0 Å². The average Bonchev–Trinajstić information content (AvgIpc) is 2.83. The Labute approximate surface area is 145 Å². The van der Waals surface area contributed by atoms with Gasteiger partial charge >= 0.3 is 0 Å². The van der Waals surface area contributed by atoms with Gasteiger partial charge in [0.1, 0.15) is 11.0 Å². The molecular formula is C19H22N2O2S. The summed E-state index contributed by atoms with van der Waals surface area (Å²) in [6.07, 6.45) is 2.84. The van der Waals surface area contributed by atoms with Crippen LogP contribution in [0.25, 0.3) is 0 Å². The van der Waals surface area contributed by atoms with Crippen molar-refractivity contribution in [2.75, 3.05) is 13.6 Å². The van der Waals surface area contributed by atoms with Crippen LogP contribution in [-0.2, 0) is 35.3 Å². The van der Waals surface area contributed by atoms with E-state index in [4.69, 9.17) is 0 Å². The van der Waals surface area contributed by atoms with Crippen LogP contribution < -0.4 is 0 Å². The summed E-state index contributed by atoms with van der Waals surface area (Å²) >= 11 is 0. The number of amides is 1. The van der Waals surface area contributed by atoms with Crippen molar-refractivity contribution < 1.29 is 9.00 Å². The molecule has 0 fully saturated rings. The highest BCUT2D eigenvalue weighted by Crippen LogP contribution is 2.23. The van der Waals surface area contributed by atoms with Gasteiger partial charge in [0, 0.05) is 26.7 Å². The van der Waals surface area contributed by atoms with E-state index in [1.807, 2.05) is 34.6 Å². The van der Waals surface area contributed by atoms with Crippen LogP contribution >= 0.6 is 0 Å². The maximum atomic E-state index is 12.9. The lowest BCUT2D eigenvalue weighted by Gasteiger charge is -2.20. The molecule has 1 atom stereocenters. The molecule has 0 bridgehead atoms. The molecule has 1 unspecified atom stereocenters. The maximum Gasteiger partial charge on any atom is 0.209 e. The molecule has 1 amide bonds. The number of rotatable bonds is 5. The van der Waals surface area contributed by atoms with Gasteiger partial charge in [-0.15, -0.1) is 0 Å². The third-order valence-electron chi connectivity index (χ3n) is 4.26. The highest BCUT2D eigenvalue weighted by Gasteiger charge is 2.20. The summed E-state index contributed by atoms with van der Waals surface area (Å²) in [5, 5.41) is 0. The van der Waals surface area contributed by atoms with E-state index < -0.39 is 11.0 Å². The van der Waals surface area contributed by atoms with Crippen LogP contribution in [-0.4, -0.2) is 33.4 Å². The molecule has 0 radical (unpaired) electrons. The van der Waals surface area contributed by atoms with Gasteiger partial charge in [-0.25, -0.2) is 8.51 Å². The quantitative estimate of drug-likeness (QED) is 0.784. The molecule has 0 aromatic heterocycles. The molecule has 0 N–H and O–H groups in total. The molecule has 0 saturated carbocycles. The second-order valence-corrected chi connectivity index (χ2v) is 7.64. The van der Waals surface area contributed by atoms with Crippen LogP contribution in [0, 0.1) is 0 Å². The zero-order valence-corrected chi connectivity index (χ0v) is 14.7. The lowest BCUT2D eigenvalue weighted by atomic mass is 10.0. The third-order valence-corrected chi connectivity index (χ3v) is 5.72. The third kappa shape index (κ3) is 3.91. The van der Waals surface area contributed by atoms with Crippen molar-refractivity contribution in [3.63, 3.8) is 0 Å². The monoisotopic (exact) mass is 342 g/mol. The van der Waals surface area contributed by atoms with Gasteiger partial charge in [0.2, 0.25) is 6.41 Å². The minimum absolute atomic E-state index is 0.596. The molecule has 0 spiro atoms. The average molecular weight is 342 g/mol. The number of benzene rings is 2. The molecule has 5 heteroatoms. The summed E-state index contributed by atoms with van der Waals surface area (Å²) in [4.78, 5) is 13.3. The number of fused-ring (bicyclic) bond motifs is 1. The second kappa shape index (κ2) is 7.73. The molecule has 1 aliphatic rings. The summed E-state index contributed by atoms with van der Waals surface area (Å²) in [7, 11) is 0.633. The molecule has 3 rings (SSSR count). The summed E-state index contributed by atoms with van der Waals surface area (Å²) in [6.45, 7) is 2.09. The van der Waals surface area contributed by atoms with Gasteiger partial charge in [-0.1, -0.05) is 36.4 Å². The van der Waals surface area contributed by atoms with Crippen LogP contribution in [0.1, 0.15) is 23.1 Å². The zero-order valence-electron chi connectivity index (χ0n) is 13.9.